The Morgan fingerprint density at radius 2 is 2.04 bits per heavy atom. The molecule has 1 atom stereocenters. The van der Waals surface area contributed by atoms with Crippen molar-refractivity contribution in [3.63, 3.8) is 0 Å². The molecule has 6 nitrogen and oxygen atoms in total. The third-order valence-corrected chi connectivity index (χ3v) is 7.48. The molecule has 0 aliphatic heterocycles. The first kappa shape index (κ1) is 19.2. The second kappa shape index (κ2) is 8.41. The van der Waals surface area contributed by atoms with Crippen LogP contribution in [0.25, 0.3) is 10.2 Å². The Balaban J connectivity index is 1.76. The summed E-state index contributed by atoms with van der Waals surface area (Å²) in [6.45, 7) is 8.24. The first-order valence-electron chi connectivity index (χ1n) is 8.56. The summed E-state index contributed by atoms with van der Waals surface area (Å²) in [6, 6.07) is 2.13. The zero-order valence-corrected chi connectivity index (χ0v) is 17.6. The van der Waals surface area contributed by atoms with E-state index in [2.05, 4.69) is 52.3 Å². The quantitative estimate of drug-likeness (QED) is 0.450. The van der Waals surface area contributed by atoms with Gasteiger partial charge in [0, 0.05) is 16.2 Å². The minimum absolute atomic E-state index is 0.0679. The summed E-state index contributed by atoms with van der Waals surface area (Å²) in [5, 5.41) is 14.2. The number of aromatic nitrogens is 4. The molecule has 0 spiro atoms. The lowest BCUT2D eigenvalue weighted by molar-refractivity contribution is -0.115. The maximum absolute atomic E-state index is 12.7. The van der Waals surface area contributed by atoms with Gasteiger partial charge in [-0.1, -0.05) is 50.8 Å². The third-order valence-electron chi connectivity index (χ3n) is 3.77. The number of thiophene rings is 1. The topological polar surface area (TPSA) is 80.7 Å². The Kier molecular flexibility index (Phi) is 6.20. The van der Waals surface area contributed by atoms with E-state index in [1.54, 1.807) is 17.7 Å². The number of fused-ring (bicyclic) bond motifs is 1. The molecule has 138 valence electrons. The number of carbonyl (C=O) groups is 1. The summed E-state index contributed by atoms with van der Waals surface area (Å²) >= 11 is 4.59. The second-order valence-corrected chi connectivity index (χ2v) is 9.38. The average Bonchev–Trinajstić information content (AvgIpc) is 3.26. The predicted molar refractivity (Wildman–Crippen MR) is 109 cm³/mol. The summed E-state index contributed by atoms with van der Waals surface area (Å²) in [4.78, 5) is 23.7. The number of anilines is 1. The lowest BCUT2D eigenvalue weighted by atomic mass is 10.2. The van der Waals surface area contributed by atoms with Gasteiger partial charge in [0.15, 0.2) is 0 Å². The fourth-order valence-corrected chi connectivity index (χ4v) is 5.05. The Hall–Kier alpha value is -1.58. The highest BCUT2D eigenvalue weighted by Crippen LogP contribution is 2.34. The van der Waals surface area contributed by atoms with Gasteiger partial charge in [-0.05, 0) is 18.9 Å². The van der Waals surface area contributed by atoms with Crippen molar-refractivity contribution >= 4 is 55.7 Å². The zero-order valence-electron chi connectivity index (χ0n) is 15.1. The average molecular weight is 408 g/mol. The van der Waals surface area contributed by atoms with Crippen LogP contribution < -0.4 is 5.32 Å². The third kappa shape index (κ3) is 4.21. The Morgan fingerprint density at radius 1 is 1.23 bits per heavy atom. The van der Waals surface area contributed by atoms with Crippen LogP contribution in [0.5, 0.6) is 0 Å². The summed E-state index contributed by atoms with van der Waals surface area (Å²) in [5.41, 5.74) is 0. The standard InChI is InChI=1S/C17H21N5OS3/c1-5-10-7-11-15(24-10)18-8-19-16(11)25-12(6-2)13(23)20-17-22-21-14(26-17)9(3)4/h7-9,12H,5-6H2,1-4H3,(H,20,22,23). The molecule has 1 amide bonds. The minimum Gasteiger partial charge on any atom is -0.300 e. The number of nitrogens with one attached hydrogen (secondary N) is 1. The maximum Gasteiger partial charge on any atom is 0.239 e. The number of carbonyl (C=O) groups excluding carboxylic acids is 1. The van der Waals surface area contributed by atoms with E-state index in [9.17, 15) is 4.79 Å². The summed E-state index contributed by atoms with van der Waals surface area (Å²) in [5.74, 6) is 0.233. The minimum atomic E-state index is -0.246. The van der Waals surface area contributed by atoms with Gasteiger partial charge in [0.25, 0.3) is 0 Å². The number of hydrogen-bond donors (Lipinski definition) is 1. The van der Waals surface area contributed by atoms with Crippen molar-refractivity contribution < 1.29 is 4.79 Å². The zero-order chi connectivity index (χ0) is 18.7. The number of rotatable bonds is 7. The van der Waals surface area contributed by atoms with E-state index in [1.807, 2.05) is 6.92 Å². The molecule has 0 saturated carbocycles. The van der Waals surface area contributed by atoms with Crippen LogP contribution in [-0.4, -0.2) is 31.3 Å². The van der Waals surface area contributed by atoms with E-state index >= 15 is 0 Å². The molecule has 3 heterocycles. The van der Waals surface area contributed by atoms with E-state index in [-0.39, 0.29) is 11.2 Å². The summed E-state index contributed by atoms with van der Waals surface area (Å²) < 4.78 is 0. The summed E-state index contributed by atoms with van der Waals surface area (Å²) in [6.07, 6.45) is 3.24. The molecule has 0 aromatic carbocycles. The molecule has 3 aromatic heterocycles. The molecule has 3 rings (SSSR count). The van der Waals surface area contributed by atoms with E-state index in [4.69, 9.17) is 0 Å². The monoisotopic (exact) mass is 407 g/mol. The van der Waals surface area contributed by atoms with Crippen LogP contribution in [0.4, 0.5) is 5.13 Å². The van der Waals surface area contributed by atoms with Crippen LogP contribution in [0.15, 0.2) is 17.4 Å². The van der Waals surface area contributed by atoms with Gasteiger partial charge in [-0.15, -0.1) is 21.5 Å². The molecule has 0 bridgehead atoms. The van der Waals surface area contributed by atoms with Gasteiger partial charge in [-0.25, -0.2) is 9.97 Å². The first-order chi connectivity index (χ1) is 12.5. The largest absolute Gasteiger partial charge is 0.300 e. The van der Waals surface area contributed by atoms with Gasteiger partial charge in [0.1, 0.15) is 21.2 Å². The van der Waals surface area contributed by atoms with Crippen molar-refractivity contribution in [2.24, 2.45) is 0 Å². The van der Waals surface area contributed by atoms with Gasteiger partial charge in [-0.2, -0.15) is 0 Å². The van der Waals surface area contributed by atoms with Crippen molar-refractivity contribution in [1.82, 2.24) is 20.2 Å². The fourth-order valence-electron chi connectivity index (χ4n) is 2.31. The molecule has 26 heavy (non-hydrogen) atoms. The number of hydrogen-bond acceptors (Lipinski definition) is 8. The SMILES string of the molecule is CCc1cc2c(SC(CC)C(=O)Nc3nnc(C(C)C)s3)ncnc2s1. The van der Waals surface area contributed by atoms with E-state index in [0.717, 1.165) is 26.7 Å². The molecule has 9 heteroatoms. The van der Waals surface area contributed by atoms with Crippen molar-refractivity contribution in [3.8, 4) is 0 Å². The van der Waals surface area contributed by atoms with Gasteiger partial charge >= 0.3 is 0 Å². The molecule has 1 unspecified atom stereocenters. The summed E-state index contributed by atoms with van der Waals surface area (Å²) in [7, 11) is 0. The Labute approximate surface area is 164 Å². The Bertz CT molecular complexity index is 905. The van der Waals surface area contributed by atoms with E-state index < -0.39 is 0 Å². The maximum atomic E-state index is 12.7. The molecule has 0 radical (unpaired) electrons. The van der Waals surface area contributed by atoms with Gasteiger partial charge in [-0.3, -0.25) is 10.1 Å². The van der Waals surface area contributed by atoms with Crippen LogP contribution in [0.3, 0.4) is 0 Å². The van der Waals surface area contributed by atoms with Crippen LogP contribution in [0, 0.1) is 0 Å². The smallest absolute Gasteiger partial charge is 0.239 e. The van der Waals surface area contributed by atoms with Gasteiger partial charge in [0.2, 0.25) is 11.0 Å². The highest BCUT2D eigenvalue weighted by atomic mass is 32.2. The van der Waals surface area contributed by atoms with Crippen LogP contribution in [-0.2, 0) is 11.2 Å². The molecule has 0 saturated heterocycles. The molecule has 1 N–H and O–H groups in total. The molecular formula is C17H21N5OS3. The first-order valence-corrected chi connectivity index (χ1v) is 11.1. The van der Waals surface area contributed by atoms with Crippen molar-refractivity contribution in [1.29, 1.82) is 0 Å². The number of aryl methyl sites for hydroxylation is 1. The Morgan fingerprint density at radius 3 is 2.69 bits per heavy atom. The fraction of sp³-hybridized carbons (Fsp3) is 0.471. The van der Waals surface area contributed by atoms with E-state index in [0.29, 0.717) is 17.5 Å². The highest BCUT2D eigenvalue weighted by molar-refractivity contribution is 8.00. The van der Waals surface area contributed by atoms with Crippen molar-refractivity contribution in [2.75, 3.05) is 5.32 Å². The molecule has 3 aromatic rings. The predicted octanol–water partition coefficient (Wildman–Crippen LogP) is 4.74. The normalized spacial score (nSPS) is 12.7. The second-order valence-electron chi connectivity index (χ2n) is 6.07. The molecule has 0 fully saturated rings. The number of thioether (sulfide) groups is 1. The highest BCUT2D eigenvalue weighted by Gasteiger charge is 2.22. The lowest BCUT2D eigenvalue weighted by Crippen LogP contribution is -2.24. The molecule has 0 aliphatic rings. The number of nitrogens with zero attached hydrogens (tertiary/aromatic N) is 4. The van der Waals surface area contributed by atoms with E-state index in [1.165, 1.54) is 28.0 Å². The van der Waals surface area contributed by atoms with Crippen molar-refractivity contribution in [3.05, 3.63) is 22.3 Å². The molecular weight excluding hydrogens is 386 g/mol. The molecule has 0 aliphatic carbocycles. The van der Waals surface area contributed by atoms with Crippen molar-refractivity contribution in [2.45, 2.75) is 56.7 Å². The van der Waals surface area contributed by atoms with Crippen LogP contribution in [0.2, 0.25) is 0 Å². The van der Waals surface area contributed by atoms with Gasteiger partial charge < -0.3 is 0 Å². The van der Waals surface area contributed by atoms with Gasteiger partial charge in [0.05, 0.1) is 5.25 Å². The lowest BCUT2D eigenvalue weighted by Gasteiger charge is -2.13. The van der Waals surface area contributed by atoms with Crippen LogP contribution in [0.1, 0.15) is 49.9 Å². The number of amides is 1. The van der Waals surface area contributed by atoms with Crippen LogP contribution >= 0.6 is 34.4 Å².